The monoisotopic (exact) mass is 806 g/mol. The van der Waals surface area contributed by atoms with Crippen molar-refractivity contribution in [3.8, 4) is 56.3 Å². The number of benzene rings is 8. The van der Waals surface area contributed by atoms with Crippen LogP contribution in [0.4, 0.5) is 0 Å². The summed E-state index contributed by atoms with van der Waals surface area (Å²) in [5, 5.41) is 3.61. The molecule has 3 aromatic heterocycles. The van der Waals surface area contributed by atoms with Crippen molar-refractivity contribution in [3.05, 3.63) is 229 Å². The van der Waals surface area contributed by atoms with Gasteiger partial charge in [0, 0.05) is 44.9 Å². The number of nitrogens with zero attached hydrogens (tertiary/aromatic N) is 4. The predicted octanol–water partition coefficient (Wildman–Crippen LogP) is 14.9. The first-order chi connectivity index (χ1) is 31.1. The third-order valence-corrected chi connectivity index (χ3v) is 12.9. The fourth-order valence-corrected chi connectivity index (χ4v) is 9.81. The van der Waals surface area contributed by atoms with Gasteiger partial charge in [-0.05, 0) is 118 Å². The molecule has 0 aliphatic heterocycles. The quantitative estimate of drug-likeness (QED) is 0.161. The van der Waals surface area contributed by atoms with Gasteiger partial charge in [-0.1, -0.05) is 159 Å². The zero-order chi connectivity index (χ0) is 41.9. The van der Waals surface area contributed by atoms with E-state index in [1.807, 2.05) is 12.3 Å². The summed E-state index contributed by atoms with van der Waals surface area (Å²) in [5.41, 5.74) is 19.0. The second kappa shape index (κ2) is 15.1. The summed E-state index contributed by atoms with van der Waals surface area (Å²) in [4.78, 5) is 10.1. The Labute approximate surface area is 366 Å². The summed E-state index contributed by atoms with van der Waals surface area (Å²) < 4.78 is 4.69. The molecule has 8 aromatic carbocycles. The number of hydrogen-bond acceptors (Lipinski definition) is 2. The maximum Gasteiger partial charge on any atom is 0.235 e. The van der Waals surface area contributed by atoms with Crippen molar-refractivity contribution < 1.29 is 0 Å². The van der Waals surface area contributed by atoms with Crippen molar-refractivity contribution in [2.75, 3.05) is 0 Å². The van der Waals surface area contributed by atoms with Gasteiger partial charge < -0.3 is 4.57 Å². The first kappa shape index (κ1) is 36.7. The number of aromatic nitrogens is 4. The van der Waals surface area contributed by atoms with Crippen molar-refractivity contribution in [1.29, 1.82) is 0 Å². The van der Waals surface area contributed by atoms with Crippen molar-refractivity contribution >= 4 is 44.4 Å². The van der Waals surface area contributed by atoms with E-state index in [1.165, 1.54) is 77.6 Å². The van der Waals surface area contributed by atoms with E-state index >= 15 is 0 Å². The topological polar surface area (TPSA) is 35.6 Å². The zero-order valence-electron chi connectivity index (χ0n) is 34.9. The van der Waals surface area contributed by atoms with Crippen LogP contribution in [0.15, 0.2) is 212 Å². The van der Waals surface area contributed by atoms with Crippen molar-refractivity contribution in [3.63, 3.8) is 0 Å². The van der Waals surface area contributed by atoms with Crippen LogP contribution >= 0.6 is 0 Å². The predicted molar refractivity (Wildman–Crippen MR) is 262 cm³/mol. The van der Waals surface area contributed by atoms with Crippen LogP contribution in [-0.2, 0) is 6.42 Å². The summed E-state index contributed by atoms with van der Waals surface area (Å²) >= 11 is 0. The van der Waals surface area contributed by atoms with Gasteiger partial charge in [0.05, 0.1) is 22.2 Å². The Bertz CT molecular complexity index is 3520. The Balaban J connectivity index is 0.941. The van der Waals surface area contributed by atoms with Crippen LogP contribution in [0.2, 0.25) is 0 Å². The van der Waals surface area contributed by atoms with Crippen LogP contribution in [0.3, 0.4) is 0 Å². The number of para-hydroxylation sites is 2. The molecule has 0 spiro atoms. The standard InChI is InChI=1S/C59H42N4/c1-39-34-58-53(38-50(39)43-16-7-3-8-17-43)52-37-46(28-30-56(52)62(58)48-20-9-4-10-21-48)45-29-31-57-51(36-45)49-22-11-12-23-55(49)63(57)59-60-33-32-54(61-59)47-19-13-18-44(35-47)42-26-24-41(25-27-42)40-14-5-2-6-15-40/h2-33,35-39H,34H2,1H3. The summed E-state index contributed by atoms with van der Waals surface area (Å²) in [6, 6.07) is 74.1. The van der Waals surface area contributed by atoms with Gasteiger partial charge in [0.15, 0.2) is 0 Å². The van der Waals surface area contributed by atoms with Crippen LogP contribution in [0.5, 0.6) is 0 Å². The van der Waals surface area contributed by atoms with E-state index in [0.29, 0.717) is 11.9 Å². The number of allylic oxidation sites excluding steroid dienone is 1. The average molecular weight is 807 g/mol. The third-order valence-electron chi connectivity index (χ3n) is 12.9. The molecule has 4 heteroatoms. The fourth-order valence-electron chi connectivity index (χ4n) is 9.81. The van der Waals surface area contributed by atoms with E-state index < -0.39 is 0 Å². The second-order valence-corrected chi connectivity index (χ2v) is 16.7. The molecule has 0 amide bonds. The Hall–Kier alpha value is -8.08. The van der Waals surface area contributed by atoms with Gasteiger partial charge in [-0.3, -0.25) is 4.57 Å². The molecule has 1 aliphatic rings. The molecule has 11 aromatic rings. The highest BCUT2D eigenvalue weighted by Crippen LogP contribution is 2.43. The lowest BCUT2D eigenvalue weighted by Crippen LogP contribution is -2.12. The van der Waals surface area contributed by atoms with E-state index in [1.54, 1.807) is 0 Å². The van der Waals surface area contributed by atoms with Crippen molar-refractivity contribution in [1.82, 2.24) is 19.1 Å². The Kier molecular flexibility index (Phi) is 8.82. The van der Waals surface area contributed by atoms with Gasteiger partial charge in [0.1, 0.15) is 0 Å². The Morgan fingerprint density at radius 2 is 0.968 bits per heavy atom. The van der Waals surface area contributed by atoms with Crippen LogP contribution < -0.4 is 0 Å². The minimum Gasteiger partial charge on any atom is -0.313 e. The largest absolute Gasteiger partial charge is 0.313 e. The molecule has 63 heavy (non-hydrogen) atoms. The molecule has 0 saturated carbocycles. The van der Waals surface area contributed by atoms with Gasteiger partial charge in [0.2, 0.25) is 5.95 Å². The molecule has 0 N–H and O–H groups in total. The average Bonchev–Trinajstić information content (AvgIpc) is 3.86. The van der Waals surface area contributed by atoms with Crippen LogP contribution in [0.25, 0.3) is 101 Å². The first-order valence-corrected chi connectivity index (χ1v) is 21.8. The Morgan fingerprint density at radius 3 is 1.71 bits per heavy atom. The lowest BCUT2D eigenvalue weighted by molar-refractivity contribution is 0.708. The molecule has 12 rings (SSSR count). The lowest BCUT2D eigenvalue weighted by Gasteiger charge is -2.23. The number of rotatable bonds is 7. The first-order valence-electron chi connectivity index (χ1n) is 21.8. The summed E-state index contributed by atoms with van der Waals surface area (Å²) in [6.07, 6.45) is 5.30. The van der Waals surface area contributed by atoms with Crippen LogP contribution in [-0.4, -0.2) is 19.1 Å². The van der Waals surface area contributed by atoms with E-state index in [-0.39, 0.29) is 0 Å². The lowest BCUT2D eigenvalue weighted by atomic mass is 9.83. The van der Waals surface area contributed by atoms with Gasteiger partial charge in [0.25, 0.3) is 0 Å². The van der Waals surface area contributed by atoms with E-state index in [0.717, 1.165) is 34.3 Å². The molecule has 4 nitrogen and oxygen atoms in total. The second-order valence-electron chi connectivity index (χ2n) is 16.7. The van der Waals surface area contributed by atoms with Gasteiger partial charge >= 0.3 is 0 Å². The summed E-state index contributed by atoms with van der Waals surface area (Å²) in [5.74, 6) is 1.04. The van der Waals surface area contributed by atoms with Gasteiger partial charge in [-0.2, -0.15) is 0 Å². The minimum atomic E-state index is 0.393. The van der Waals surface area contributed by atoms with E-state index in [9.17, 15) is 0 Å². The highest BCUT2D eigenvalue weighted by Gasteiger charge is 2.26. The Morgan fingerprint density at radius 1 is 0.429 bits per heavy atom. The summed E-state index contributed by atoms with van der Waals surface area (Å²) in [6.45, 7) is 2.36. The highest BCUT2D eigenvalue weighted by molar-refractivity contribution is 6.10. The minimum absolute atomic E-state index is 0.393. The third kappa shape index (κ3) is 6.38. The van der Waals surface area contributed by atoms with E-state index in [4.69, 9.17) is 9.97 Å². The van der Waals surface area contributed by atoms with E-state index in [2.05, 4.69) is 222 Å². The van der Waals surface area contributed by atoms with Gasteiger partial charge in [-0.25, -0.2) is 9.97 Å². The molecule has 0 saturated heterocycles. The molecule has 0 bridgehead atoms. The van der Waals surface area contributed by atoms with Crippen molar-refractivity contribution in [2.45, 2.75) is 13.3 Å². The molecular weight excluding hydrogens is 765 g/mol. The fraction of sp³-hybridized carbons (Fsp3) is 0.0508. The van der Waals surface area contributed by atoms with Crippen molar-refractivity contribution in [2.24, 2.45) is 5.92 Å². The molecule has 1 atom stereocenters. The highest BCUT2D eigenvalue weighted by atomic mass is 15.2. The van der Waals surface area contributed by atoms with Crippen LogP contribution in [0, 0.1) is 5.92 Å². The molecular formula is C59H42N4. The SMILES string of the molecule is CC1Cc2c(c3cc(-c4ccc5c(c4)c4ccccc4n5-c4nccc(-c5cccc(-c6ccc(-c7ccccc7)cc6)c5)n4)ccc3n2-c2ccccc2)C=C1c1ccccc1. The zero-order valence-corrected chi connectivity index (χ0v) is 34.9. The van der Waals surface area contributed by atoms with Crippen LogP contribution in [0.1, 0.15) is 23.7 Å². The molecule has 1 unspecified atom stereocenters. The maximum absolute atomic E-state index is 5.23. The smallest absolute Gasteiger partial charge is 0.235 e. The molecule has 1 aliphatic carbocycles. The molecule has 0 fully saturated rings. The maximum atomic E-state index is 5.23. The molecule has 0 radical (unpaired) electrons. The molecule has 298 valence electrons. The molecule has 3 heterocycles. The number of fused-ring (bicyclic) bond motifs is 6. The normalized spacial score (nSPS) is 13.7. The number of hydrogen-bond donors (Lipinski definition) is 0. The van der Waals surface area contributed by atoms with Gasteiger partial charge in [-0.15, -0.1) is 0 Å². The summed E-state index contributed by atoms with van der Waals surface area (Å²) in [7, 11) is 0.